The van der Waals surface area contributed by atoms with Crippen LogP contribution in [-0.2, 0) is 4.79 Å². The van der Waals surface area contributed by atoms with Gasteiger partial charge in [-0.25, -0.2) is 0 Å². The van der Waals surface area contributed by atoms with Gasteiger partial charge in [0.15, 0.2) is 11.0 Å². The van der Waals surface area contributed by atoms with E-state index in [1.165, 1.54) is 11.8 Å². The number of ether oxygens (including phenoxy) is 1. The van der Waals surface area contributed by atoms with E-state index < -0.39 is 0 Å². The van der Waals surface area contributed by atoms with E-state index in [1.807, 2.05) is 104 Å². The Morgan fingerprint density at radius 1 is 0.971 bits per heavy atom. The van der Waals surface area contributed by atoms with Crippen LogP contribution in [0, 0.1) is 0 Å². The van der Waals surface area contributed by atoms with Crippen LogP contribution in [0.2, 0.25) is 0 Å². The normalized spacial score (nSPS) is 11.9. The van der Waals surface area contributed by atoms with Gasteiger partial charge in [-0.2, -0.15) is 0 Å². The van der Waals surface area contributed by atoms with E-state index >= 15 is 0 Å². The van der Waals surface area contributed by atoms with E-state index in [4.69, 9.17) is 4.74 Å². The number of nitrogens with zero attached hydrogens (tertiary/aromatic N) is 4. The number of methoxy groups -OCH3 is 1. The number of aromatic nitrogens is 3. The fraction of sp³-hybridized carbons (Fsp3) is 0.222. The number of carbonyl (C=O) groups excluding carboxylic acids is 1. The Balaban J connectivity index is 1.48. The standard InChI is InChI=1S/C27H29N5O2S/c1-31(2)23(22-16-10-11-17-24(22)34-3)18-28-25(33)19-35-27-30-29-26(20-12-6-4-7-13-20)32(27)21-14-8-5-9-15-21/h4-17,23H,18-19H2,1-3H3,(H,28,33). The largest absolute Gasteiger partial charge is 0.496 e. The average molecular weight is 488 g/mol. The molecule has 0 aliphatic heterocycles. The summed E-state index contributed by atoms with van der Waals surface area (Å²) in [6.07, 6.45) is 0. The number of hydrogen-bond acceptors (Lipinski definition) is 6. The Kier molecular flexibility index (Phi) is 8.18. The van der Waals surface area contributed by atoms with Crippen molar-refractivity contribution >= 4 is 17.7 Å². The summed E-state index contributed by atoms with van der Waals surface area (Å²) in [5.74, 6) is 1.70. The van der Waals surface area contributed by atoms with Crippen molar-refractivity contribution in [2.24, 2.45) is 0 Å². The Labute approximate surface area is 210 Å². The number of amides is 1. The number of thioether (sulfide) groups is 1. The SMILES string of the molecule is COc1ccccc1C(CNC(=O)CSc1nnc(-c2ccccc2)n1-c1ccccc1)N(C)C. The van der Waals surface area contributed by atoms with E-state index in [-0.39, 0.29) is 17.7 Å². The summed E-state index contributed by atoms with van der Waals surface area (Å²) in [5.41, 5.74) is 2.94. The Hall–Kier alpha value is -3.62. The van der Waals surface area contributed by atoms with Crippen molar-refractivity contribution in [3.8, 4) is 22.8 Å². The molecule has 1 aromatic heterocycles. The predicted octanol–water partition coefficient (Wildman–Crippen LogP) is 4.45. The second-order valence-corrected chi connectivity index (χ2v) is 9.10. The third-order valence-corrected chi connectivity index (χ3v) is 6.55. The van der Waals surface area contributed by atoms with Gasteiger partial charge in [-0.1, -0.05) is 78.5 Å². The van der Waals surface area contributed by atoms with Crippen LogP contribution in [0.25, 0.3) is 17.1 Å². The van der Waals surface area contributed by atoms with E-state index in [0.717, 1.165) is 28.4 Å². The topological polar surface area (TPSA) is 72.3 Å². The van der Waals surface area contributed by atoms with Gasteiger partial charge in [-0.05, 0) is 32.3 Å². The van der Waals surface area contributed by atoms with Crippen molar-refractivity contribution in [1.29, 1.82) is 0 Å². The van der Waals surface area contributed by atoms with Crippen LogP contribution < -0.4 is 10.1 Å². The van der Waals surface area contributed by atoms with Gasteiger partial charge in [0, 0.05) is 23.4 Å². The van der Waals surface area contributed by atoms with Crippen molar-refractivity contribution in [3.05, 3.63) is 90.5 Å². The first-order valence-electron chi connectivity index (χ1n) is 11.3. The van der Waals surface area contributed by atoms with Crippen molar-refractivity contribution < 1.29 is 9.53 Å². The minimum Gasteiger partial charge on any atom is -0.496 e. The molecule has 0 saturated heterocycles. The molecule has 35 heavy (non-hydrogen) atoms. The molecular weight excluding hydrogens is 458 g/mol. The quantitative estimate of drug-likeness (QED) is 0.333. The van der Waals surface area contributed by atoms with Gasteiger partial charge in [0.2, 0.25) is 5.91 Å². The second kappa shape index (κ2) is 11.7. The van der Waals surface area contributed by atoms with E-state index in [9.17, 15) is 4.79 Å². The van der Waals surface area contributed by atoms with Gasteiger partial charge in [-0.15, -0.1) is 10.2 Å². The van der Waals surface area contributed by atoms with E-state index in [2.05, 4.69) is 20.4 Å². The zero-order valence-electron chi connectivity index (χ0n) is 20.1. The van der Waals surface area contributed by atoms with Crippen LogP contribution >= 0.6 is 11.8 Å². The first kappa shape index (κ1) is 24.5. The monoisotopic (exact) mass is 487 g/mol. The molecule has 4 rings (SSSR count). The first-order valence-corrected chi connectivity index (χ1v) is 12.3. The van der Waals surface area contributed by atoms with Crippen molar-refractivity contribution in [3.63, 3.8) is 0 Å². The summed E-state index contributed by atoms with van der Waals surface area (Å²) in [6, 6.07) is 27.7. The van der Waals surface area contributed by atoms with Crippen molar-refractivity contribution in [1.82, 2.24) is 25.0 Å². The van der Waals surface area contributed by atoms with Gasteiger partial charge in [0.1, 0.15) is 5.75 Å². The minimum atomic E-state index is -0.0689. The molecule has 1 amide bonds. The third kappa shape index (κ3) is 5.90. The van der Waals surface area contributed by atoms with E-state index in [0.29, 0.717) is 11.7 Å². The van der Waals surface area contributed by atoms with Crippen LogP contribution in [0.15, 0.2) is 90.1 Å². The summed E-state index contributed by atoms with van der Waals surface area (Å²) in [5, 5.41) is 12.6. The number of hydrogen-bond donors (Lipinski definition) is 1. The van der Waals surface area contributed by atoms with Crippen LogP contribution in [0.3, 0.4) is 0 Å². The molecule has 0 aliphatic rings. The molecule has 8 heteroatoms. The van der Waals surface area contributed by atoms with Gasteiger partial charge in [-0.3, -0.25) is 9.36 Å². The molecule has 0 spiro atoms. The average Bonchev–Trinajstić information content (AvgIpc) is 3.32. The molecular formula is C27H29N5O2S. The van der Waals surface area contributed by atoms with Gasteiger partial charge >= 0.3 is 0 Å². The number of benzene rings is 3. The molecule has 1 N–H and O–H groups in total. The highest BCUT2D eigenvalue weighted by atomic mass is 32.2. The molecule has 7 nitrogen and oxygen atoms in total. The summed E-state index contributed by atoms with van der Waals surface area (Å²) in [7, 11) is 5.64. The fourth-order valence-electron chi connectivity index (χ4n) is 3.85. The molecule has 0 fully saturated rings. The smallest absolute Gasteiger partial charge is 0.230 e. The van der Waals surface area contributed by atoms with Crippen molar-refractivity contribution in [2.45, 2.75) is 11.2 Å². The molecule has 0 saturated carbocycles. The highest BCUT2D eigenvalue weighted by Crippen LogP contribution is 2.29. The van der Waals surface area contributed by atoms with Crippen LogP contribution in [0.4, 0.5) is 0 Å². The highest BCUT2D eigenvalue weighted by molar-refractivity contribution is 7.99. The van der Waals surface area contributed by atoms with Gasteiger partial charge in [0.05, 0.1) is 18.9 Å². The lowest BCUT2D eigenvalue weighted by Crippen LogP contribution is -2.35. The molecule has 0 radical (unpaired) electrons. The van der Waals surface area contributed by atoms with Crippen LogP contribution in [-0.4, -0.2) is 59.1 Å². The molecule has 180 valence electrons. The summed E-state index contributed by atoms with van der Waals surface area (Å²) in [6.45, 7) is 0.466. The van der Waals surface area contributed by atoms with Gasteiger partial charge in [0.25, 0.3) is 0 Å². The number of likely N-dealkylation sites (N-methyl/N-ethyl adjacent to an activating group) is 1. The third-order valence-electron chi connectivity index (χ3n) is 5.63. The predicted molar refractivity (Wildman–Crippen MR) is 140 cm³/mol. The highest BCUT2D eigenvalue weighted by Gasteiger charge is 2.20. The summed E-state index contributed by atoms with van der Waals surface area (Å²) >= 11 is 1.37. The number of nitrogens with one attached hydrogen (secondary N) is 1. The number of para-hydroxylation sites is 2. The Morgan fingerprint density at radius 3 is 2.31 bits per heavy atom. The van der Waals surface area contributed by atoms with Crippen LogP contribution in [0.1, 0.15) is 11.6 Å². The Bertz CT molecular complexity index is 1240. The second-order valence-electron chi connectivity index (χ2n) is 8.16. The summed E-state index contributed by atoms with van der Waals surface area (Å²) < 4.78 is 7.51. The summed E-state index contributed by atoms with van der Waals surface area (Å²) in [4.78, 5) is 14.9. The van der Waals surface area contributed by atoms with E-state index in [1.54, 1.807) is 7.11 Å². The maximum absolute atomic E-state index is 12.8. The fourth-order valence-corrected chi connectivity index (χ4v) is 4.63. The maximum atomic E-state index is 12.8. The van der Waals surface area contributed by atoms with Crippen molar-refractivity contribution in [2.75, 3.05) is 33.5 Å². The molecule has 1 atom stereocenters. The van der Waals surface area contributed by atoms with Crippen LogP contribution in [0.5, 0.6) is 5.75 Å². The number of rotatable bonds is 10. The molecule has 0 bridgehead atoms. The lowest BCUT2D eigenvalue weighted by Gasteiger charge is -2.26. The lowest BCUT2D eigenvalue weighted by molar-refractivity contribution is -0.118. The number of carbonyl (C=O) groups is 1. The minimum absolute atomic E-state index is 0.0160. The maximum Gasteiger partial charge on any atom is 0.230 e. The zero-order valence-corrected chi connectivity index (χ0v) is 20.9. The molecule has 3 aromatic carbocycles. The molecule has 1 heterocycles. The van der Waals surface area contributed by atoms with Gasteiger partial charge < -0.3 is 15.0 Å². The zero-order chi connectivity index (χ0) is 24.6. The first-order chi connectivity index (χ1) is 17.1. The Morgan fingerprint density at radius 2 is 1.63 bits per heavy atom. The lowest BCUT2D eigenvalue weighted by atomic mass is 10.0. The molecule has 0 aliphatic carbocycles. The molecule has 1 unspecified atom stereocenters. The molecule has 4 aromatic rings.